The minimum Gasteiger partial charge on any atom is -0.491 e. The van der Waals surface area contributed by atoms with Crippen molar-refractivity contribution in [2.45, 2.75) is 45.6 Å². The minimum absolute atomic E-state index is 0.145. The molecule has 1 amide bonds. The first-order chi connectivity index (χ1) is 14.6. The molecule has 1 fully saturated rings. The van der Waals surface area contributed by atoms with E-state index in [1.165, 1.54) is 0 Å². The molecule has 30 heavy (non-hydrogen) atoms. The number of likely N-dealkylation sites (tertiary alicyclic amines) is 1. The normalized spacial score (nSPS) is 14.4. The number of furan rings is 1. The van der Waals surface area contributed by atoms with Gasteiger partial charge in [-0.2, -0.15) is 0 Å². The number of hydrogen-bond acceptors (Lipinski definition) is 4. The van der Waals surface area contributed by atoms with Crippen LogP contribution in [0.4, 0.5) is 5.69 Å². The van der Waals surface area contributed by atoms with Crippen molar-refractivity contribution in [1.29, 1.82) is 0 Å². The molecule has 0 atom stereocenters. The maximum absolute atomic E-state index is 11.7. The number of carbonyl (C=O) groups is 1. The van der Waals surface area contributed by atoms with Crippen LogP contribution in [0.2, 0.25) is 0 Å². The highest BCUT2D eigenvalue weighted by atomic mass is 16.5. The molecule has 2 heterocycles. The number of carbonyl (C=O) groups excluding carboxylic acids is 1. The van der Waals surface area contributed by atoms with Crippen LogP contribution in [0, 0.1) is 0 Å². The van der Waals surface area contributed by atoms with E-state index in [0.717, 1.165) is 49.5 Å². The van der Waals surface area contributed by atoms with Crippen molar-refractivity contribution in [3.8, 4) is 5.75 Å². The molecule has 7 heteroatoms. The van der Waals surface area contributed by atoms with Crippen molar-refractivity contribution in [1.82, 2.24) is 10.2 Å². The molecule has 1 aromatic carbocycles. The number of benzene rings is 1. The summed E-state index contributed by atoms with van der Waals surface area (Å²) in [6.07, 6.45) is 5.10. The predicted octanol–water partition coefficient (Wildman–Crippen LogP) is 3.68. The first-order valence-corrected chi connectivity index (χ1v) is 10.7. The second-order valence-corrected chi connectivity index (χ2v) is 7.64. The maximum Gasteiger partial charge on any atom is 0.222 e. The van der Waals surface area contributed by atoms with E-state index in [1.54, 1.807) is 6.26 Å². The summed E-state index contributed by atoms with van der Waals surface area (Å²) < 4.78 is 11.1. The third-order valence-electron chi connectivity index (χ3n) is 4.76. The fraction of sp³-hybridized carbons (Fsp3) is 0.478. The molecule has 0 bridgehead atoms. The summed E-state index contributed by atoms with van der Waals surface area (Å²) in [6, 6.07) is 11.7. The SMILES string of the molecule is CC(C)Oc1ccc(NC(=NCCCN2CCCC2=O)NCCc2ccco2)cc1. The van der Waals surface area contributed by atoms with Crippen LogP contribution in [-0.4, -0.2) is 49.0 Å². The van der Waals surface area contributed by atoms with Gasteiger partial charge in [0, 0.05) is 44.7 Å². The number of anilines is 1. The van der Waals surface area contributed by atoms with Crippen LogP contribution in [0.25, 0.3) is 0 Å². The van der Waals surface area contributed by atoms with Gasteiger partial charge in [0.2, 0.25) is 5.91 Å². The number of nitrogens with zero attached hydrogens (tertiary/aromatic N) is 2. The number of aliphatic imine (C=N–C) groups is 1. The first kappa shape index (κ1) is 21.7. The molecule has 7 nitrogen and oxygen atoms in total. The molecule has 162 valence electrons. The van der Waals surface area contributed by atoms with E-state index >= 15 is 0 Å². The molecule has 2 aromatic rings. The van der Waals surface area contributed by atoms with Crippen LogP contribution in [0.5, 0.6) is 5.75 Å². The Balaban J connectivity index is 1.53. The van der Waals surface area contributed by atoms with E-state index in [0.29, 0.717) is 25.5 Å². The molecule has 2 N–H and O–H groups in total. The smallest absolute Gasteiger partial charge is 0.222 e. The summed E-state index contributed by atoms with van der Waals surface area (Å²) in [5, 5.41) is 6.71. The maximum atomic E-state index is 11.7. The molecule has 0 saturated carbocycles. The molecular weight excluding hydrogens is 380 g/mol. The Kier molecular flexibility index (Phi) is 8.18. The van der Waals surface area contributed by atoms with E-state index in [9.17, 15) is 4.79 Å². The van der Waals surface area contributed by atoms with Crippen molar-refractivity contribution in [3.05, 3.63) is 48.4 Å². The predicted molar refractivity (Wildman–Crippen MR) is 119 cm³/mol. The highest BCUT2D eigenvalue weighted by molar-refractivity contribution is 5.93. The molecule has 0 aliphatic carbocycles. The van der Waals surface area contributed by atoms with Crippen LogP contribution < -0.4 is 15.4 Å². The molecule has 0 unspecified atom stereocenters. The van der Waals surface area contributed by atoms with Gasteiger partial charge >= 0.3 is 0 Å². The van der Waals surface area contributed by atoms with Crippen LogP contribution in [0.15, 0.2) is 52.1 Å². The fourth-order valence-electron chi connectivity index (χ4n) is 3.32. The van der Waals surface area contributed by atoms with E-state index in [2.05, 4.69) is 15.6 Å². The summed E-state index contributed by atoms with van der Waals surface area (Å²) in [5.41, 5.74) is 0.935. The minimum atomic E-state index is 0.145. The largest absolute Gasteiger partial charge is 0.491 e. The van der Waals surface area contributed by atoms with Gasteiger partial charge in [0.1, 0.15) is 11.5 Å². The first-order valence-electron chi connectivity index (χ1n) is 10.7. The van der Waals surface area contributed by atoms with Gasteiger partial charge in [0.25, 0.3) is 0 Å². The molecule has 1 aliphatic rings. The zero-order valence-electron chi connectivity index (χ0n) is 17.9. The highest BCUT2D eigenvalue weighted by Crippen LogP contribution is 2.17. The van der Waals surface area contributed by atoms with Gasteiger partial charge in [-0.15, -0.1) is 0 Å². The zero-order chi connectivity index (χ0) is 21.2. The van der Waals surface area contributed by atoms with Gasteiger partial charge in [0.05, 0.1) is 12.4 Å². The average Bonchev–Trinajstić information content (AvgIpc) is 3.38. The molecule has 3 rings (SSSR count). The summed E-state index contributed by atoms with van der Waals surface area (Å²) in [7, 11) is 0. The van der Waals surface area contributed by atoms with Crippen molar-refractivity contribution in [2.75, 3.05) is 31.5 Å². The lowest BCUT2D eigenvalue weighted by atomic mass is 10.3. The quantitative estimate of drug-likeness (QED) is 0.354. The lowest BCUT2D eigenvalue weighted by Crippen LogP contribution is -2.33. The summed E-state index contributed by atoms with van der Waals surface area (Å²) in [6.45, 7) is 7.02. The Morgan fingerprint density at radius 2 is 2.10 bits per heavy atom. The Morgan fingerprint density at radius 1 is 1.27 bits per heavy atom. The van der Waals surface area contributed by atoms with Crippen LogP contribution >= 0.6 is 0 Å². The van der Waals surface area contributed by atoms with Gasteiger partial charge in [-0.3, -0.25) is 9.79 Å². The van der Waals surface area contributed by atoms with Crippen molar-refractivity contribution in [2.24, 2.45) is 4.99 Å². The monoisotopic (exact) mass is 412 g/mol. The van der Waals surface area contributed by atoms with Gasteiger partial charge in [0.15, 0.2) is 5.96 Å². The van der Waals surface area contributed by atoms with E-state index < -0.39 is 0 Å². The Hall–Kier alpha value is -2.96. The number of rotatable bonds is 10. The second kappa shape index (κ2) is 11.3. The van der Waals surface area contributed by atoms with Gasteiger partial charge in [-0.25, -0.2) is 0 Å². The van der Waals surface area contributed by atoms with Gasteiger partial charge < -0.3 is 24.7 Å². The Morgan fingerprint density at radius 3 is 2.77 bits per heavy atom. The number of amides is 1. The lowest BCUT2D eigenvalue weighted by molar-refractivity contribution is -0.127. The van der Waals surface area contributed by atoms with Gasteiger partial charge in [-0.1, -0.05) is 0 Å². The van der Waals surface area contributed by atoms with Crippen molar-refractivity contribution < 1.29 is 13.9 Å². The lowest BCUT2D eigenvalue weighted by Gasteiger charge is -2.16. The molecule has 1 aromatic heterocycles. The van der Waals surface area contributed by atoms with E-state index in [-0.39, 0.29) is 12.0 Å². The van der Waals surface area contributed by atoms with Crippen LogP contribution in [0.3, 0.4) is 0 Å². The molecule has 1 aliphatic heterocycles. The Bertz CT molecular complexity index is 800. The third kappa shape index (κ3) is 7.13. The van der Waals surface area contributed by atoms with Gasteiger partial charge in [-0.05, 0) is 63.1 Å². The Labute approximate surface area is 178 Å². The summed E-state index contributed by atoms with van der Waals surface area (Å²) in [4.78, 5) is 18.4. The zero-order valence-corrected chi connectivity index (χ0v) is 17.9. The van der Waals surface area contributed by atoms with Crippen molar-refractivity contribution in [3.63, 3.8) is 0 Å². The molecule has 0 radical (unpaired) electrons. The summed E-state index contributed by atoms with van der Waals surface area (Å²) >= 11 is 0. The highest BCUT2D eigenvalue weighted by Gasteiger charge is 2.18. The van der Waals surface area contributed by atoms with E-state index in [4.69, 9.17) is 9.15 Å². The number of nitrogens with one attached hydrogen (secondary N) is 2. The topological polar surface area (TPSA) is 79.1 Å². The van der Waals surface area contributed by atoms with E-state index in [1.807, 2.05) is 55.1 Å². The number of hydrogen-bond donors (Lipinski definition) is 2. The second-order valence-electron chi connectivity index (χ2n) is 7.64. The third-order valence-corrected chi connectivity index (χ3v) is 4.76. The fourth-order valence-corrected chi connectivity index (χ4v) is 3.32. The standard InChI is InChI=1S/C23H32N4O3/c1-18(2)30-21-10-8-19(9-11-21)26-23(25-14-12-20-6-4-17-29-20)24-13-5-16-27-15-3-7-22(27)28/h4,6,8-11,17-18H,3,5,7,12-16H2,1-2H3,(H2,24,25,26). The molecule has 1 saturated heterocycles. The molecular formula is C23H32N4O3. The molecule has 0 spiro atoms. The van der Waals surface area contributed by atoms with Crippen LogP contribution in [0.1, 0.15) is 38.9 Å². The van der Waals surface area contributed by atoms with Crippen molar-refractivity contribution >= 4 is 17.6 Å². The number of ether oxygens (including phenoxy) is 1. The average molecular weight is 413 g/mol. The van der Waals surface area contributed by atoms with Crippen LogP contribution in [-0.2, 0) is 11.2 Å². The summed E-state index contributed by atoms with van der Waals surface area (Å²) in [5.74, 6) is 2.75. The number of guanidine groups is 1.